The molecule has 0 aromatic heterocycles. The summed E-state index contributed by atoms with van der Waals surface area (Å²) in [6.07, 6.45) is 0. The zero-order valence-corrected chi connectivity index (χ0v) is 12.8. The minimum atomic E-state index is -1.16. The van der Waals surface area contributed by atoms with Crippen molar-refractivity contribution in [2.24, 2.45) is 0 Å². The van der Waals surface area contributed by atoms with Crippen molar-refractivity contribution in [1.29, 1.82) is 0 Å². The maximum Gasteiger partial charge on any atom is 0.358 e. The number of hydrogen-bond acceptors (Lipinski definition) is 4. The van der Waals surface area contributed by atoms with Crippen LogP contribution in [0.2, 0.25) is 0 Å². The number of aromatic carboxylic acids is 1. The molecular formula is C15H11IO4. The molecule has 2 rings (SSSR count). The number of halogens is 1. The minimum absolute atomic E-state index is 0.234. The standard InChI is InChI=1S/C15H11IO4/c1-20-15(19)10-6-8-11(9-7-10)16-13-5-3-2-4-12(13)14(17)18/h2-9H,1H3. The summed E-state index contributed by atoms with van der Waals surface area (Å²) in [6, 6.07) is 13.9. The molecule has 0 bridgehead atoms. The lowest BCUT2D eigenvalue weighted by molar-refractivity contribution is -0.598. The smallest absolute Gasteiger partial charge is 0.358 e. The first-order valence-corrected chi connectivity index (χ1v) is 7.91. The second kappa shape index (κ2) is 6.51. The molecule has 0 aliphatic carbocycles. The molecule has 0 aliphatic heterocycles. The van der Waals surface area contributed by atoms with Crippen molar-refractivity contribution >= 4 is 11.9 Å². The molecule has 4 nitrogen and oxygen atoms in total. The van der Waals surface area contributed by atoms with E-state index in [2.05, 4.69) is 4.74 Å². The highest BCUT2D eigenvalue weighted by atomic mass is 127. The van der Waals surface area contributed by atoms with Crippen LogP contribution in [0.25, 0.3) is 0 Å². The van der Waals surface area contributed by atoms with Crippen molar-refractivity contribution in [1.82, 2.24) is 0 Å². The molecular weight excluding hydrogens is 371 g/mol. The van der Waals surface area contributed by atoms with Crippen LogP contribution < -0.4 is 26.3 Å². The molecule has 0 heterocycles. The first-order valence-electron chi connectivity index (χ1n) is 5.75. The third-order valence-corrected chi connectivity index (χ3v) is 5.43. The van der Waals surface area contributed by atoms with Gasteiger partial charge in [-0.2, -0.15) is 0 Å². The van der Waals surface area contributed by atoms with E-state index in [4.69, 9.17) is 0 Å². The topological polar surface area (TPSA) is 66.4 Å². The minimum Gasteiger partial charge on any atom is -0.545 e. The van der Waals surface area contributed by atoms with Gasteiger partial charge in [0.2, 0.25) is 3.57 Å². The number of rotatable bonds is 4. The Morgan fingerprint density at radius 3 is 2.30 bits per heavy atom. The lowest BCUT2D eigenvalue weighted by atomic mass is 10.2. The molecule has 20 heavy (non-hydrogen) atoms. The number of benzene rings is 2. The summed E-state index contributed by atoms with van der Waals surface area (Å²) in [5.74, 6) is -1.55. The molecule has 2 aromatic carbocycles. The lowest BCUT2D eigenvalue weighted by Gasteiger charge is -2.01. The highest BCUT2D eigenvalue weighted by Gasteiger charge is 2.20. The quantitative estimate of drug-likeness (QED) is 0.452. The van der Waals surface area contributed by atoms with E-state index in [1.165, 1.54) is 7.11 Å². The summed E-state index contributed by atoms with van der Waals surface area (Å²) in [7, 11) is 1.33. The molecule has 0 saturated carbocycles. The second-order valence-corrected chi connectivity index (χ2v) is 6.81. The van der Waals surface area contributed by atoms with E-state index in [0.717, 1.165) is 7.14 Å². The predicted molar refractivity (Wildman–Crippen MR) is 65.9 cm³/mol. The van der Waals surface area contributed by atoms with E-state index >= 15 is 0 Å². The fraction of sp³-hybridized carbons (Fsp3) is 0.0667. The number of carboxylic acid groups (broad SMARTS) is 1. The third kappa shape index (κ3) is 3.36. The molecule has 2 aromatic rings. The molecule has 0 N–H and O–H groups in total. The van der Waals surface area contributed by atoms with Crippen molar-refractivity contribution in [3.63, 3.8) is 0 Å². The highest BCUT2D eigenvalue weighted by molar-refractivity contribution is 5.89. The largest absolute Gasteiger partial charge is 0.545 e. The molecule has 0 fully saturated rings. The maximum absolute atomic E-state index is 11.3. The van der Waals surface area contributed by atoms with Gasteiger partial charge in [0.15, 0.2) is 3.57 Å². The molecule has 0 amide bonds. The summed E-state index contributed by atoms with van der Waals surface area (Å²) >= 11 is -0.637. The Kier molecular flexibility index (Phi) is 4.73. The van der Waals surface area contributed by atoms with Gasteiger partial charge in [0.1, 0.15) is 0 Å². The van der Waals surface area contributed by atoms with Gasteiger partial charge >= 0.3 is 27.2 Å². The number of carboxylic acids is 1. The van der Waals surface area contributed by atoms with Crippen LogP contribution in [0, 0.1) is 7.14 Å². The van der Waals surface area contributed by atoms with E-state index in [9.17, 15) is 14.7 Å². The van der Waals surface area contributed by atoms with E-state index in [1.54, 1.807) is 30.3 Å². The van der Waals surface area contributed by atoms with Gasteiger partial charge in [-0.05, 0) is 36.4 Å². The number of hydrogen-bond donors (Lipinski definition) is 0. The van der Waals surface area contributed by atoms with Crippen LogP contribution in [0.3, 0.4) is 0 Å². The van der Waals surface area contributed by atoms with Gasteiger partial charge in [0.05, 0.1) is 24.2 Å². The van der Waals surface area contributed by atoms with Crippen LogP contribution in [0.5, 0.6) is 0 Å². The van der Waals surface area contributed by atoms with Crippen LogP contribution >= 0.6 is 0 Å². The van der Waals surface area contributed by atoms with Crippen LogP contribution in [-0.2, 0) is 4.74 Å². The lowest BCUT2D eigenvalue weighted by Crippen LogP contribution is -3.61. The molecule has 0 atom stereocenters. The fourth-order valence-corrected chi connectivity index (χ4v) is 4.06. The zero-order chi connectivity index (χ0) is 14.5. The van der Waals surface area contributed by atoms with Crippen molar-refractivity contribution in [3.8, 4) is 0 Å². The van der Waals surface area contributed by atoms with Gasteiger partial charge in [0, 0.05) is 0 Å². The fourth-order valence-electron chi connectivity index (χ4n) is 1.59. The predicted octanol–water partition coefficient (Wildman–Crippen LogP) is -2.03. The maximum atomic E-state index is 11.3. The highest BCUT2D eigenvalue weighted by Crippen LogP contribution is 2.00. The summed E-state index contributed by atoms with van der Waals surface area (Å²) in [5, 5.41) is 11.0. The van der Waals surface area contributed by atoms with Gasteiger partial charge in [0.25, 0.3) is 0 Å². The van der Waals surface area contributed by atoms with E-state index in [1.807, 2.05) is 18.2 Å². The van der Waals surface area contributed by atoms with E-state index < -0.39 is 27.2 Å². The number of carbonyl (C=O) groups excluding carboxylic acids is 2. The van der Waals surface area contributed by atoms with E-state index in [0.29, 0.717) is 5.56 Å². The van der Waals surface area contributed by atoms with Gasteiger partial charge in [-0.25, -0.2) is 4.79 Å². The van der Waals surface area contributed by atoms with Crippen molar-refractivity contribution in [3.05, 3.63) is 66.8 Å². The Hall–Kier alpha value is -1.89. The van der Waals surface area contributed by atoms with Gasteiger partial charge < -0.3 is 14.6 Å². The summed E-state index contributed by atoms with van der Waals surface area (Å²) in [4.78, 5) is 22.4. The van der Waals surface area contributed by atoms with Crippen molar-refractivity contribution < 1.29 is 40.6 Å². The number of ether oxygens (including phenoxy) is 1. The number of esters is 1. The van der Waals surface area contributed by atoms with E-state index in [-0.39, 0.29) is 11.5 Å². The van der Waals surface area contributed by atoms with Crippen molar-refractivity contribution in [2.45, 2.75) is 0 Å². The van der Waals surface area contributed by atoms with Crippen LogP contribution in [-0.4, -0.2) is 19.0 Å². The normalized spacial score (nSPS) is 10.1. The Morgan fingerprint density at radius 1 is 1.05 bits per heavy atom. The summed E-state index contributed by atoms with van der Waals surface area (Å²) in [5.41, 5.74) is 0.714. The summed E-state index contributed by atoms with van der Waals surface area (Å²) < 4.78 is 6.44. The SMILES string of the molecule is COC(=O)c1ccc([I+]c2ccccc2C(=O)[O-])cc1. The van der Waals surface area contributed by atoms with Gasteiger partial charge in [-0.3, -0.25) is 0 Å². The molecule has 0 radical (unpaired) electrons. The average molecular weight is 382 g/mol. The molecule has 5 heteroatoms. The Bertz CT molecular complexity index is 635. The van der Waals surface area contributed by atoms with Crippen LogP contribution in [0.1, 0.15) is 20.7 Å². The second-order valence-electron chi connectivity index (χ2n) is 3.86. The molecule has 0 unspecified atom stereocenters. The average Bonchev–Trinajstić information content (AvgIpc) is 2.47. The number of methoxy groups -OCH3 is 1. The summed E-state index contributed by atoms with van der Waals surface area (Å²) in [6.45, 7) is 0. The van der Waals surface area contributed by atoms with Crippen LogP contribution in [0.4, 0.5) is 0 Å². The first kappa shape index (κ1) is 14.5. The monoisotopic (exact) mass is 382 g/mol. The Balaban J connectivity index is 2.23. The molecule has 0 aliphatic rings. The Labute approximate surface area is 126 Å². The van der Waals surface area contributed by atoms with Gasteiger partial charge in [-0.15, -0.1) is 0 Å². The van der Waals surface area contributed by atoms with Crippen molar-refractivity contribution in [2.75, 3.05) is 7.11 Å². The molecule has 0 spiro atoms. The Morgan fingerprint density at radius 2 is 1.70 bits per heavy atom. The zero-order valence-electron chi connectivity index (χ0n) is 10.6. The first-order chi connectivity index (χ1) is 9.61. The molecule has 0 saturated heterocycles. The third-order valence-electron chi connectivity index (χ3n) is 2.57. The van der Waals surface area contributed by atoms with Gasteiger partial charge in [-0.1, -0.05) is 12.1 Å². The molecule has 102 valence electrons. The number of carbonyl (C=O) groups is 2. The van der Waals surface area contributed by atoms with Crippen LogP contribution in [0.15, 0.2) is 48.5 Å².